The van der Waals surface area contributed by atoms with E-state index in [1.54, 1.807) is 0 Å². The smallest absolute Gasteiger partial charge is 0.289 e. The summed E-state index contributed by atoms with van der Waals surface area (Å²) in [5.41, 5.74) is 1.07. The van der Waals surface area contributed by atoms with Crippen molar-refractivity contribution in [3.63, 3.8) is 0 Å². The van der Waals surface area contributed by atoms with Crippen LogP contribution in [0.1, 0.15) is 35.7 Å². The summed E-state index contributed by atoms with van der Waals surface area (Å²) in [6.07, 6.45) is 0.830. The van der Waals surface area contributed by atoms with E-state index >= 15 is 0 Å². The molecule has 1 aromatic rings. The van der Waals surface area contributed by atoms with Gasteiger partial charge >= 0.3 is 0 Å². The van der Waals surface area contributed by atoms with Gasteiger partial charge in [0.2, 0.25) is 0 Å². The third kappa shape index (κ3) is 2.87. The predicted octanol–water partition coefficient (Wildman–Crippen LogP) is 2.01. The van der Waals surface area contributed by atoms with Crippen LogP contribution in [0.3, 0.4) is 0 Å². The lowest BCUT2D eigenvalue weighted by Crippen LogP contribution is -2.52. The number of halogens is 1. The maximum Gasteiger partial charge on any atom is 0.289 e. The molecule has 0 radical (unpaired) electrons. The molecule has 0 aromatic carbocycles. The van der Waals surface area contributed by atoms with Gasteiger partial charge in [-0.25, -0.2) is 0 Å². The fourth-order valence-corrected chi connectivity index (χ4v) is 2.26. The Hall–Kier alpha value is -1.00. The van der Waals surface area contributed by atoms with E-state index in [-0.39, 0.29) is 24.4 Å². The molecule has 5 heteroatoms. The first-order chi connectivity index (χ1) is 8.13. The summed E-state index contributed by atoms with van der Waals surface area (Å²) in [6.45, 7) is 8.54. The first kappa shape index (κ1) is 15.1. The monoisotopic (exact) mass is 272 g/mol. The molecule has 1 saturated heterocycles. The number of nitrogens with zero attached hydrogens (tertiary/aromatic N) is 1. The zero-order valence-electron chi connectivity index (χ0n) is 11.2. The summed E-state index contributed by atoms with van der Waals surface area (Å²) < 4.78 is 5.62. The molecule has 1 amide bonds. The number of nitrogens with one attached hydrogen (secondary N) is 1. The van der Waals surface area contributed by atoms with Crippen molar-refractivity contribution in [2.24, 2.45) is 0 Å². The van der Waals surface area contributed by atoms with Crippen molar-refractivity contribution < 1.29 is 9.21 Å². The summed E-state index contributed by atoms with van der Waals surface area (Å²) >= 11 is 0. The highest BCUT2D eigenvalue weighted by atomic mass is 35.5. The molecule has 0 spiro atoms. The van der Waals surface area contributed by atoms with Crippen LogP contribution in [0, 0.1) is 6.92 Å². The van der Waals surface area contributed by atoms with Crippen molar-refractivity contribution in [2.45, 2.75) is 33.2 Å². The maximum atomic E-state index is 12.3. The molecular weight excluding hydrogens is 252 g/mol. The van der Waals surface area contributed by atoms with Gasteiger partial charge in [0, 0.05) is 32.1 Å². The number of hydrogen-bond acceptors (Lipinski definition) is 3. The minimum absolute atomic E-state index is 0. The summed E-state index contributed by atoms with van der Waals surface area (Å²) in [7, 11) is 0. The summed E-state index contributed by atoms with van der Waals surface area (Å²) in [5, 5.41) is 3.27. The van der Waals surface area contributed by atoms with E-state index in [0.29, 0.717) is 5.76 Å². The lowest BCUT2D eigenvalue weighted by molar-refractivity contribution is 0.0621. The van der Waals surface area contributed by atoms with Gasteiger partial charge in [-0.15, -0.1) is 12.4 Å². The fraction of sp³-hybridized carbons (Fsp3) is 0.615. The van der Waals surface area contributed by atoms with Gasteiger partial charge in [0.05, 0.1) is 0 Å². The molecule has 0 bridgehead atoms. The standard InChI is InChI=1S/C13H20N2O2.ClH/c1-4-11-9(2)7-12(17-11)13(16)15-6-5-14-8-10(15)3;/h7,10,14H,4-6,8H2,1-3H3;1H/t10-;/m0./s1. The van der Waals surface area contributed by atoms with Crippen LogP contribution >= 0.6 is 12.4 Å². The van der Waals surface area contributed by atoms with Gasteiger partial charge in [0.1, 0.15) is 5.76 Å². The molecule has 4 nitrogen and oxygen atoms in total. The van der Waals surface area contributed by atoms with Crippen LogP contribution in [-0.4, -0.2) is 36.5 Å². The minimum Gasteiger partial charge on any atom is -0.456 e. The number of amides is 1. The topological polar surface area (TPSA) is 45.5 Å². The number of furan rings is 1. The molecule has 102 valence electrons. The highest BCUT2D eigenvalue weighted by Gasteiger charge is 2.26. The van der Waals surface area contributed by atoms with Crippen LogP contribution in [0.15, 0.2) is 10.5 Å². The molecule has 18 heavy (non-hydrogen) atoms. The molecule has 1 aromatic heterocycles. The predicted molar refractivity (Wildman–Crippen MR) is 73.4 cm³/mol. The molecule has 1 N–H and O–H groups in total. The molecule has 1 atom stereocenters. The molecule has 1 fully saturated rings. The van der Waals surface area contributed by atoms with Gasteiger partial charge in [-0.3, -0.25) is 4.79 Å². The zero-order chi connectivity index (χ0) is 12.4. The van der Waals surface area contributed by atoms with Gasteiger partial charge in [-0.2, -0.15) is 0 Å². The van der Waals surface area contributed by atoms with E-state index in [0.717, 1.165) is 37.4 Å². The van der Waals surface area contributed by atoms with E-state index in [4.69, 9.17) is 4.42 Å². The average Bonchev–Trinajstić information content (AvgIpc) is 2.70. The minimum atomic E-state index is 0. The van der Waals surface area contributed by atoms with E-state index in [9.17, 15) is 4.79 Å². The number of piperazine rings is 1. The van der Waals surface area contributed by atoms with Crippen LogP contribution in [0.4, 0.5) is 0 Å². The van der Waals surface area contributed by atoms with Crippen LogP contribution in [0.5, 0.6) is 0 Å². The second-order valence-electron chi connectivity index (χ2n) is 4.62. The Morgan fingerprint density at radius 1 is 1.61 bits per heavy atom. The van der Waals surface area contributed by atoms with Gasteiger partial charge in [0.25, 0.3) is 5.91 Å². The second kappa shape index (κ2) is 6.25. The molecular formula is C13H21ClN2O2. The van der Waals surface area contributed by atoms with E-state index in [2.05, 4.69) is 12.2 Å². The Balaban J connectivity index is 0.00000162. The van der Waals surface area contributed by atoms with E-state index in [1.165, 1.54) is 0 Å². The van der Waals surface area contributed by atoms with E-state index < -0.39 is 0 Å². The largest absolute Gasteiger partial charge is 0.456 e. The molecule has 0 unspecified atom stereocenters. The van der Waals surface area contributed by atoms with Crippen LogP contribution in [0.25, 0.3) is 0 Å². The summed E-state index contributed by atoms with van der Waals surface area (Å²) in [6, 6.07) is 2.09. The average molecular weight is 273 g/mol. The van der Waals surface area contributed by atoms with Crippen molar-refractivity contribution >= 4 is 18.3 Å². The van der Waals surface area contributed by atoms with Crippen molar-refractivity contribution in [1.82, 2.24) is 10.2 Å². The molecule has 1 aliphatic rings. The highest BCUT2D eigenvalue weighted by molar-refractivity contribution is 5.92. The van der Waals surface area contributed by atoms with Crippen molar-refractivity contribution in [2.75, 3.05) is 19.6 Å². The third-order valence-electron chi connectivity index (χ3n) is 3.31. The van der Waals surface area contributed by atoms with Gasteiger partial charge in [0.15, 0.2) is 5.76 Å². The van der Waals surface area contributed by atoms with Gasteiger partial charge in [-0.05, 0) is 25.5 Å². The normalized spacial score (nSPS) is 19.5. The third-order valence-corrected chi connectivity index (χ3v) is 3.31. The number of hydrogen-bond donors (Lipinski definition) is 1. The molecule has 0 aliphatic carbocycles. The number of rotatable bonds is 2. The number of carbonyl (C=O) groups is 1. The maximum absolute atomic E-state index is 12.3. The summed E-state index contributed by atoms with van der Waals surface area (Å²) in [4.78, 5) is 14.2. The number of carbonyl (C=O) groups excluding carboxylic acids is 1. The Morgan fingerprint density at radius 3 is 2.89 bits per heavy atom. The summed E-state index contributed by atoms with van der Waals surface area (Å²) in [5.74, 6) is 1.41. The fourth-order valence-electron chi connectivity index (χ4n) is 2.26. The lowest BCUT2D eigenvalue weighted by atomic mass is 10.2. The first-order valence-corrected chi connectivity index (χ1v) is 6.24. The van der Waals surface area contributed by atoms with E-state index in [1.807, 2.05) is 24.8 Å². The Morgan fingerprint density at radius 2 is 2.33 bits per heavy atom. The van der Waals surface area contributed by atoms with Crippen molar-refractivity contribution in [1.29, 1.82) is 0 Å². The Bertz CT molecular complexity index is 417. The number of aryl methyl sites for hydroxylation is 2. The molecule has 2 heterocycles. The van der Waals surface area contributed by atoms with Crippen LogP contribution in [-0.2, 0) is 6.42 Å². The highest BCUT2D eigenvalue weighted by Crippen LogP contribution is 2.18. The Kier molecular flexibility index (Phi) is 5.23. The Labute approximate surface area is 114 Å². The van der Waals surface area contributed by atoms with Crippen LogP contribution < -0.4 is 5.32 Å². The quantitative estimate of drug-likeness (QED) is 0.896. The SMILES string of the molecule is CCc1oc(C(=O)N2CCNC[C@@H]2C)cc1C.Cl. The van der Waals surface area contributed by atoms with Gasteiger partial charge in [-0.1, -0.05) is 6.92 Å². The lowest BCUT2D eigenvalue weighted by Gasteiger charge is -2.33. The van der Waals surface area contributed by atoms with Crippen LogP contribution in [0.2, 0.25) is 0 Å². The zero-order valence-corrected chi connectivity index (χ0v) is 12.0. The molecule has 1 aliphatic heterocycles. The molecule has 2 rings (SSSR count). The van der Waals surface area contributed by atoms with Crippen molar-refractivity contribution in [3.05, 3.63) is 23.2 Å². The van der Waals surface area contributed by atoms with Crippen molar-refractivity contribution in [3.8, 4) is 0 Å². The van der Waals surface area contributed by atoms with Gasteiger partial charge < -0.3 is 14.6 Å². The second-order valence-corrected chi connectivity index (χ2v) is 4.62. The first-order valence-electron chi connectivity index (χ1n) is 6.24. The molecule has 0 saturated carbocycles.